The Morgan fingerprint density at radius 2 is 2.03 bits per heavy atom. The molecule has 150 valence electrons. The number of fused-ring (bicyclic) bond motifs is 2. The van der Waals surface area contributed by atoms with E-state index in [9.17, 15) is 5.11 Å². The zero-order chi connectivity index (χ0) is 20.2. The van der Waals surface area contributed by atoms with Crippen molar-refractivity contribution in [3.8, 4) is 5.69 Å². The third kappa shape index (κ3) is 2.92. The van der Waals surface area contributed by atoms with Gasteiger partial charge >= 0.3 is 0 Å². The van der Waals surface area contributed by atoms with Crippen LogP contribution in [0.15, 0.2) is 52.9 Å². The minimum atomic E-state index is -0.821. The maximum atomic E-state index is 11.6. The van der Waals surface area contributed by atoms with Crippen molar-refractivity contribution in [1.29, 1.82) is 0 Å². The van der Waals surface area contributed by atoms with Crippen LogP contribution in [0.25, 0.3) is 11.8 Å². The predicted octanol–water partition coefficient (Wildman–Crippen LogP) is 5.90. The van der Waals surface area contributed by atoms with E-state index in [2.05, 4.69) is 65.7 Å². The molecule has 0 amide bonds. The molecular formula is C25H28N2OS. The fraction of sp³-hybridized carbons (Fsp3) is 0.400. The molecule has 0 saturated heterocycles. The molecule has 0 unspecified atom stereocenters. The van der Waals surface area contributed by atoms with Gasteiger partial charge in [-0.25, -0.2) is 4.68 Å². The first kappa shape index (κ1) is 18.8. The Balaban J connectivity index is 1.56. The first-order chi connectivity index (χ1) is 13.9. The minimum absolute atomic E-state index is 0.0438. The molecule has 2 heterocycles. The van der Waals surface area contributed by atoms with Gasteiger partial charge in [0.05, 0.1) is 23.2 Å². The van der Waals surface area contributed by atoms with Gasteiger partial charge in [-0.15, -0.1) is 0 Å². The van der Waals surface area contributed by atoms with Gasteiger partial charge in [-0.1, -0.05) is 30.2 Å². The molecule has 0 aliphatic heterocycles. The molecular weight excluding hydrogens is 376 g/mol. The summed E-state index contributed by atoms with van der Waals surface area (Å²) in [7, 11) is 0. The summed E-state index contributed by atoms with van der Waals surface area (Å²) in [5.74, 6) is 0.195. The monoisotopic (exact) mass is 404 g/mol. The van der Waals surface area contributed by atoms with Crippen LogP contribution in [0.3, 0.4) is 0 Å². The summed E-state index contributed by atoms with van der Waals surface area (Å²) in [6.45, 7) is 6.48. The first-order valence-electron chi connectivity index (χ1n) is 10.5. The topological polar surface area (TPSA) is 38.0 Å². The van der Waals surface area contributed by atoms with Gasteiger partial charge in [0.1, 0.15) is 0 Å². The summed E-state index contributed by atoms with van der Waals surface area (Å²) in [5.41, 5.74) is 6.50. The lowest BCUT2D eigenvalue weighted by atomic mass is 9.55. The van der Waals surface area contributed by atoms with Gasteiger partial charge in [0.25, 0.3) is 0 Å². The van der Waals surface area contributed by atoms with Gasteiger partial charge in [0, 0.05) is 5.92 Å². The summed E-state index contributed by atoms with van der Waals surface area (Å²) >= 11 is 1.66. The molecule has 1 N–H and O–H groups in total. The SMILES string of the molecule is Cc1ccc(-n2ncc3c2C=C2CCC[C@H]([C@@](C)(O)c4ccsc4)[C@@]2(C)C3)cc1. The largest absolute Gasteiger partial charge is 0.385 e. The van der Waals surface area contributed by atoms with E-state index in [0.29, 0.717) is 0 Å². The predicted molar refractivity (Wildman–Crippen MR) is 119 cm³/mol. The van der Waals surface area contributed by atoms with E-state index in [1.165, 1.54) is 22.4 Å². The molecule has 3 nitrogen and oxygen atoms in total. The Labute approximate surface area is 176 Å². The molecule has 0 spiro atoms. The van der Waals surface area contributed by atoms with Crippen LogP contribution in [0.1, 0.15) is 55.5 Å². The second kappa shape index (κ2) is 6.68. The van der Waals surface area contributed by atoms with Crippen molar-refractivity contribution in [2.45, 2.75) is 52.1 Å². The van der Waals surface area contributed by atoms with Gasteiger partial charge in [-0.05, 0) is 91.1 Å². The highest BCUT2D eigenvalue weighted by atomic mass is 32.1. The maximum absolute atomic E-state index is 11.6. The lowest BCUT2D eigenvalue weighted by Crippen LogP contribution is -2.47. The van der Waals surface area contributed by atoms with Crippen molar-refractivity contribution in [2.75, 3.05) is 0 Å². The van der Waals surface area contributed by atoms with Crippen molar-refractivity contribution in [2.24, 2.45) is 11.3 Å². The van der Waals surface area contributed by atoms with E-state index >= 15 is 0 Å². The highest BCUT2D eigenvalue weighted by Gasteiger charge is 2.51. The van der Waals surface area contributed by atoms with Gasteiger partial charge in [-0.2, -0.15) is 16.4 Å². The van der Waals surface area contributed by atoms with E-state index < -0.39 is 5.60 Å². The van der Waals surface area contributed by atoms with Crippen LogP contribution in [-0.4, -0.2) is 14.9 Å². The Bertz CT molecular complexity index is 1060. The van der Waals surface area contributed by atoms with Gasteiger partial charge < -0.3 is 5.11 Å². The fourth-order valence-electron chi connectivity index (χ4n) is 5.59. The number of hydrogen-bond acceptors (Lipinski definition) is 3. The number of aryl methyl sites for hydroxylation is 1. The molecule has 0 radical (unpaired) electrons. The van der Waals surface area contributed by atoms with Crippen molar-refractivity contribution < 1.29 is 5.11 Å². The molecule has 2 aromatic heterocycles. The fourth-order valence-corrected chi connectivity index (χ4v) is 6.36. The molecule has 2 aliphatic carbocycles. The van der Waals surface area contributed by atoms with E-state index in [1.807, 2.05) is 13.1 Å². The van der Waals surface area contributed by atoms with E-state index in [1.54, 1.807) is 11.3 Å². The molecule has 5 rings (SSSR count). The Hall–Kier alpha value is -2.17. The van der Waals surface area contributed by atoms with Crippen molar-refractivity contribution in [3.05, 3.63) is 75.2 Å². The van der Waals surface area contributed by atoms with Crippen LogP contribution in [0.2, 0.25) is 0 Å². The van der Waals surface area contributed by atoms with E-state index in [0.717, 1.165) is 36.9 Å². The number of aromatic nitrogens is 2. The Morgan fingerprint density at radius 1 is 1.24 bits per heavy atom. The minimum Gasteiger partial charge on any atom is -0.385 e. The van der Waals surface area contributed by atoms with Gasteiger partial charge in [-0.3, -0.25) is 0 Å². The second-order valence-electron chi connectivity index (χ2n) is 9.17. The van der Waals surface area contributed by atoms with Crippen LogP contribution in [0.5, 0.6) is 0 Å². The second-order valence-corrected chi connectivity index (χ2v) is 9.95. The number of rotatable bonds is 3. The van der Waals surface area contributed by atoms with Crippen molar-refractivity contribution >= 4 is 17.4 Å². The quantitative estimate of drug-likeness (QED) is 0.590. The van der Waals surface area contributed by atoms with Crippen LogP contribution in [0, 0.1) is 18.3 Å². The smallest absolute Gasteiger partial charge is 0.0912 e. The molecule has 1 saturated carbocycles. The molecule has 4 heteroatoms. The lowest BCUT2D eigenvalue weighted by Gasteiger charge is -2.51. The normalized spacial score (nSPS) is 25.7. The van der Waals surface area contributed by atoms with E-state index in [-0.39, 0.29) is 11.3 Å². The summed E-state index contributed by atoms with van der Waals surface area (Å²) in [6, 6.07) is 10.6. The number of benzene rings is 1. The highest BCUT2D eigenvalue weighted by molar-refractivity contribution is 7.08. The summed E-state index contributed by atoms with van der Waals surface area (Å²) in [5, 5.41) is 20.5. The standard InChI is InChI=1S/C25H28N2OS/c1-17-7-9-21(10-8-17)27-22-13-19-5-4-6-23(24(19,2)14-18(22)15-26-27)25(3,28)20-11-12-29-16-20/h7-13,15-16,23,28H,4-6,14H2,1-3H3/t23-,24-,25-/m0/s1. The number of aliphatic hydroxyl groups is 1. The summed E-state index contributed by atoms with van der Waals surface area (Å²) in [4.78, 5) is 0. The average Bonchev–Trinajstić information content (AvgIpc) is 3.36. The first-order valence-corrected chi connectivity index (χ1v) is 11.4. The van der Waals surface area contributed by atoms with Crippen molar-refractivity contribution in [3.63, 3.8) is 0 Å². The summed E-state index contributed by atoms with van der Waals surface area (Å²) < 4.78 is 2.07. The zero-order valence-corrected chi connectivity index (χ0v) is 18.2. The summed E-state index contributed by atoms with van der Waals surface area (Å²) in [6.07, 6.45) is 8.61. The number of allylic oxidation sites excluding steroid dienone is 1. The van der Waals surface area contributed by atoms with Crippen LogP contribution in [0.4, 0.5) is 0 Å². The number of thiophene rings is 1. The molecule has 29 heavy (non-hydrogen) atoms. The van der Waals surface area contributed by atoms with Crippen molar-refractivity contribution in [1.82, 2.24) is 9.78 Å². The molecule has 1 aromatic carbocycles. The molecule has 3 atom stereocenters. The third-order valence-electron chi connectivity index (χ3n) is 7.26. The van der Waals surface area contributed by atoms with Crippen LogP contribution >= 0.6 is 11.3 Å². The highest BCUT2D eigenvalue weighted by Crippen LogP contribution is 2.56. The van der Waals surface area contributed by atoms with Gasteiger partial charge in [0.2, 0.25) is 0 Å². The Morgan fingerprint density at radius 3 is 2.76 bits per heavy atom. The Kier molecular flexibility index (Phi) is 4.34. The van der Waals surface area contributed by atoms with Gasteiger partial charge in [0.15, 0.2) is 0 Å². The molecule has 0 bridgehead atoms. The molecule has 1 fully saturated rings. The lowest BCUT2D eigenvalue weighted by molar-refractivity contribution is -0.0656. The maximum Gasteiger partial charge on any atom is 0.0912 e. The zero-order valence-electron chi connectivity index (χ0n) is 17.4. The van der Waals surface area contributed by atoms with E-state index in [4.69, 9.17) is 5.10 Å². The van der Waals surface area contributed by atoms with Crippen LogP contribution < -0.4 is 0 Å². The molecule has 2 aliphatic rings. The number of hydrogen-bond donors (Lipinski definition) is 1. The third-order valence-corrected chi connectivity index (χ3v) is 7.94. The number of nitrogens with zero attached hydrogens (tertiary/aromatic N) is 2. The average molecular weight is 405 g/mol. The molecule has 3 aromatic rings. The van der Waals surface area contributed by atoms with Crippen LogP contribution in [-0.2, 0) is 12.0 Å².